The van der Waals surface area contributed by atoms with Gasteiger partial charge < -0.3 is 19.7 Å². The maximum Gasteiger partial charge on any atom is 0.244 e. The molecule has 10 heteroatoms. The second-order valence-electron chi connectivity index (χ2n) is 8.66. The number of aryl methyl sites for hydroxylation is 1. The summed E-state index contributed by atoms with van der Waals surface area (Å²) in [5.41, 5.74) is 2.13. The third kappa shape index (κ3) is 7.61. The van der Waals surface area contributed by atoms with Crippen LogP contribution >= 0.6 is 0 Å². The number of amides is 2. The molecular formula is C25H35N3O6S. The van der Waals surface area contributed by atoms with Gasteiger partial charge in [-0.3, -0.25) is 13.9 Å². The van der Waals surface area contributed by atoms with Crippen LogP contribution in [0, 0.1) is 6.92 Å². The lowest BCUT2D eigenvalue weighted by atomic mass is 10.1. The Balaban J connectivity index is 2.43. The van der Waals surface area contributed by atoms with Crippen LogP contribution in [0.4, 0.5) is 5.69 Å². The number of hydrogen-bond donors (Lipinski definition) is 1. The first-order chi connectivity index (χ1) is 16.4. The number of sulfonamides is 1. The molecule has 0 bridgehead atoms. The lowest BCUT2D eigenvalue weighted by Crippen LogP contribution is -2.52. The number of nitrogens with one attached hydrogen (secondary N) is 1. The molecule has 2 aromatic rings. The molecule has 0 unspecified atom stereocenters. The highest BCUT2D eigenvalue weighted by molar-refractivity contribution is 7.92. The van der Waals surface area contributed by atoms with Crippen LogP contribution in [0.2, 0.25) is 0 Å². The number of methoxy groups -OCH3 is 2. The number of nitrogens with zero attached hydrogens (tertiary/aromatic N) is 2. The van der Waals surface area contributed by atoms with Crippen molar-refractivity contribution in [2.75, 3.05) is 31.3 Å². The van der Waals surface area contributed by atoms with E-state index in [0.29, 0.717) is 11.5 Å². The van der Waals surface area contributed by atoms with Crippen molar-refractivity contribution in [3.05, 3.63) is 53.6 Å². The Bertz CT molecular complexity index is 1130. The number of carbonyl (C=O) groups is 2. The van der Waals surface area contributed by atoms with Crippen LogP contribution in [0.25, 0.3) is 0 Å². The fourth-order valence-corrected chi connectivity index (χ4v) is 4.31. The third-order valence-corrected chi connectivity index (χ3v) is 6.55. The monoisotopic (exact) mass is 505 g/mol. The summed E-state index contributed by atoms with van der Waals surface area (Å²) in [6.45, 7) is 6.91. The molecule has 0 radical (unpaired) electrons. The van der Waals surface area contributed by atoms with Crippen LogP contribution in [0.5, 0.6) is 11.5 Å². The van der Waals surface area contributed by atoms with Crippen LogP contribution < -0.4 is 19.1 Å². The van der Waals surface area contributed by atoms with E-state index in [2.05, 4.69) is 5.32 Å². The molecule has 35 heavy (non-hydrogen) atoms. The second-order valence-corrected chi connectivity index (χ2v) is 10.6. The van der Waals surface area contributed by atoms with E-state index < -0.39 is 28.5 Å². The number of rotatable bonds is 11. The summed E-state index contributed by atoms with van der Waals surface area (Å²) < 4.78 is 36.9. The van der Waals surface area contributed by atoms with E-state index in [0.717, 1.165) is 21.7 Å². The average molecular weight is 506 g/mol. The van der Waals surface area contributed by atoms with Gasteiger partial charge in [0.2, 0.25) is 21.8 Å². The summed E-state index contributed by atoms with van der Waals surface area (Å²) in [4.78, 5) is 27.7. The first-order valence-electron chi connectivity index (χ1n) is 11.2. The van der Waals surface area contributed by atoms with Gasteiger partial charge >= 0.3 is 0 Å². The minimum atomic E-state index is -3.85. The third-order valence-electron chi connectivity index (χ3n) is 5.41. The molecule has 0 fully saturated rings. The number of carbonyl (C=O) groups excluding carboxylic acids is 2. The lowest BCUT2D eigenvalue weighted by Gasteiger charge is -2.32. The molecule has 9 nitrogen and oxygen atoms in total. The molecule has 0 aliphatic carbocycles. The van der Waals surface area contributed by atoms with Gasteiger partial charge in [0.05, 0.1) is 26.2 Å². The van der Waals surface area contributed by atoms with Gasteiger partial charge in [0.15, 0.2) is 11.5 Å². The molecule has 1 atom stereocenters. The van der Waals surface area contributed by atoms with Gasteiger partial charge in [0.1, 0.15) is 12.6 Å². The standard InChI is InChI=1S/C25H35N3O6S/c1-17(2)26-25(30)19(4)27(15-20-10-8-18(3)9-11-20)24(29)16-28(35(7,31)32)21-12-13-22(33-5)23(14-21)34-6/h8-14,17,19H,15-16H2,1-7H3,(H,26,30)/t19-/m1/s1. The molecule has 0 aliphatic rings. The van der Waals surface area contributed by atoms with Gasteiger partial charge in [0.25, 0.3) is 0 Å². The minimum Gasteiger partial charge on any atom is -0.493 e. The smallest absolute Gasteiger partial charge is 0.244 e. The fourth-order valence-electron chi connectivity index (χ4n) is 3.47. The zero-order chi connectivity index (χ0) is 26.3. The molecule has 2 rings (SSSR count). The van der Waals surface area contributed by atoms with E-state index in [1.807, 2.05) is 45.0 Å². The van der Waals surface area contributed by atoms with E-state index in [1.165, 1.54) is 31.3 Å². The topological polar surface area (TPSA) is 105 Å². The van der Waals surface area contributed by atoms with Crippen molar-refractivity contribution in [2.24, 2.45) is 0 Å². The summed E-state index contributed by atoms with van der Waals surface area (Å²) in [7, 11) is -0.931. The Labute approximate surface area is 208 Å². The van der Waals surface area contributed by atoms with E-state index in [4.69, 9.17) is 9.47 Å². The molecule has 0 aliphatic heterocycles. The van der Waals surface area contributed by atoms with E-state index in [-0.39, 0.29) is 24.2 Å². The van der Waals surface area contributed by atoms with Gasteiger partial charge in [-0.1, -0.05) is 29.8 Å². The normalized spacial score (nSPS) is 12.1. The fraction of sp³-hybridized carbons (Fsp3) is 0.440. The van der Waals surface area contributed by atoms with Crippen molar-refractivity contribution in [1.29, 1.82) is 0 Å². The molecule has 2 amide bonds. The van der Waals surface area contributed by atoms with Crippen LogP contribution in [0.15, 0.2) is 42.5 Å². The molecule has 0 heterocycles. The first kappa shape index (κ1) is 28.0. The summed E-state index contributed by atoms with van der Waals surface area (Å²) in [5, 5.41) is 2.82. The van der Waals surface area contributed by atoms with Crippen LogP contribution in [-0.4, -0.2) is 64.2 Å². The van der Waals surface area contributed by atoms with E-state index in [1.54, 1.807) is 13.0 Å². The zero-order valence-electron chi connectivity index (χ0n) is 21.4. The second kappa shape index (κ2) is 11.9. The molecule has 1 N–H and O–H groups in total. The summed E-state index contributed by atoms with van der Waals surface area (Å²) in [6.07, 6.45) is 1.02. The summed E-state index contributed by atoms with van der Waals surface area (Å²) >= 11 is 0. The highest BCUT2D eigenvalue weighted by Crippen LogP contribution is 2.32. The Morgan fingerprint density at radius 2 is 1.57 bits per heavy atom. The molecule has 0 saturated heterocycles. The summed E-state index contributed by atoms with van der Waals surface area (Å²) in [5.74, 6) is -0.0852. The van der Waals surface area contributed by atoms with Crippen molar-refractivity contribution in [3.8, 4) is 11.5 Å². The lowest BCUT2D eigenvalue weighted by molar-refractivity contribution is -0.139. The molecule has 2 aromatic carbocycles. The molecule has 0 aromatic heterocycles. The van der Waals surface area contributed by atoms with Gasteiger partial charge in [-0.2, -0.15) is 0 Å². The predicted octanol–water partition coefficient (Wildman–Crippen LogP) is 2.72. The van der Waals surface area contributed by atoms with Crippen molar-refractivity contribution >= 4 is 27.5 Å². The highest BCUT2D eigenvalue weighted by Gasteiger charge is 2.30. The zero-order valence-corrected chi connectivity index (χ0v) is 22.2. The maximum absolute atomic E-state index is 13.5. The van der Waals surface area contributed by atoms with Crippen LogP contribution in [0.1, 0.15) is 31.9 Å². The average Bonchev–Trinajstić information content (AvgIpc) is 2.79. The Hall–Kier alpha value is -3.27. The van der Waals surface area contributed by atoms with Crippen molar-refractivity contribution in [3.63, 3.8) is 0 Å². The Morgan fingerprint density at radius 1 is 0.971 bits per heavy atom. The summed E-state index contributed by atoms with van der Waals surface area (Å²) in [6, 6.07) is 11.3. The van der Waals surface area contributed by atoms with Gasteiger partial charge in [-0.15, -0.1) is 0 Å². The van der Waals surface area contributed by atoms with Gasteiger partial charge in [-0.25, -0.2) is 8.42 Å². The quantitative estimate of drug-likeness (QED) is 0.504. The number of ether oxygens (including phenoxy) is 2. The SMILES string of the molecule is COc1ccc(N(CC(=O)N(Cc2ccc(C)cc2)[C@H](C)C(=O)NC(C)C)S(C)(=O)=O)cc1OC. The number of hydrogen-bond acceptors (Lipinski definition) is 6. The molecule has 192 valence electrons. The van der Waals surface area contributed by atoms with Crippen LogP contribution in [-0.2, 0) is 26.2 Å². The van der Waals surface area contributed by atoms with E-state index in [9.17, 15) is 18.0 Å². The minimum absolute atomic E-state index is 0.111. The largest absolute Gasteiger partial charge is 0.493 e. The van der Waals surface area contributed by atoms with Crippen molar-refractivity contribution in [1.82, 2.24) is 10.2 Å². The van der Waals surface area contributed by atoms with Gasteiger partial charge in [0, 0.05) is 18.7 Å². The molecule has 0 spiro atoms. The Kier molecular flexibility index (Phi) is 9.53. The Morgan fingerprint density at radius 3 is 2.09 bits per heavy atom. The van der Waals surface area contributed by atoms with Crippen molar-refractivity contribution in [2.45, 2.75) is 46.3 Å². The maximum atomic E-state index is 13.5. The van der Waals surface area contributed by atoms with E-state index >= 15 is 0 Å². The number of anilines is 1. The van der Waals surface area contributed by atoms with Crippen molar-refractivity contribution < 1.29 is 27.5 Å². The van der Waals surface area contributed by atoms with Crippen LogP contribution in [0.3, 0.4) is 0 Å². The first-order valence-corrected chi connectivity index (χ1v) is 13.1. The molecule has 0 saturated carbocycles. The molecular weight excluding hydrogens is 470 g/mol. The number of benzene rings is 2. The highest BCUT2D eigenvalue weighted by atomic mass is 32.2. The predicted molar refractivity (Wildman–Crippen MR) is 136 cm³/mol. The van der Waals surface area contributed by atoms with Gasteiger partial charge in [-0.05, 0) is 45.4 Å².